The van der Waals surface area contributed by atoms with E-state index in [4.69, 9.17) is 21.4 Å². The van der Waals surface area contributed by atoms with Crippen LogP contribution in [0.1, 0.15) is 52.9 Å². The molecule has 0 aliphatic heterocycles. The summed E-state index contributed by atoms with van der Waals surface area (Å²) < 4.78 is 0. The Morgan fingerprint density at radius 3 is 2.06 bits per heavy atom. The molecule has 0 radical (unpaired) electrons. The van der Waals surface area contributed by atoms with Gasteiger partial charge in [-0.1, -0.05) is 33.6 Å². The van der Waals surface area contributed by atoms with Crippen LogP contribution in [0.15, 0.2) is 0 Å². The maximum absolute atomic E-state index is 8.56. The second-order valence-corrected chi connectivity index (χ2v) is 4.26. The minimum absolute atomic E-state index is 0.535. The summed E-state index contributed by atoms with van der Waals surface area (Å²) in [6, 6.07) is 0. The molecule has 0 rings (SSSR count). The summed E-state index contributed by atoms with van der Waals surface area (Å²) in [5, 5.41) is 13.9. The molecule has 0 aromatic heterocycles. The topological polar surface area (TPSA) is 57.5 Å². The van der Waals surface area contributed by atoms with Crippen LogP contribution in [0.2, 0.25) is 0 Å². The van der Waals surface area contributed by atoms with Crippen LogP contribution in [0.25, 0.3) is 0 Å². The van der Waals surface area contributed by atoms with E-state index in [1.165, 1.54) is 32.1 Å². The third-order valence-electron chi connectivity index (χ3n) is 2.23. The molecule has 2 N–H and O–H groups in total. The molecule has 3 nitrogen and oxygen atoms in total. The third kappa shape index (κ3) is 18.6. The summed E-state index contributed by atoms with van der Waals surface area (Å²) in [5.41, 5.74) is 0. The van der Waals surface area contributed by atoms with E-state index in [1.54, 1.807) is 0 Å². The largest absolute Gasteiger partial charge is 0.503 e. The number of hydrogen-bond acceptors (Lipinski definition) is 1. The average molecular weight is 228 g/mol. The monoisotopic (exact) mass is 228 g/mol. The number of carbonyl (C=O) groups is 1. The lowest BCUT2D eigenvalue weighted by atomic mass is 9.94. The van der Waals surface area contributed by atoms with Crippen LogP contribution >= 0.6 is 0 Å². The zero-order valence-electron chi connectivity index (χ0n) is 10.6. The van der Waals surface area contributed by atoms with Gasteiger partial charge in [0, 0.05) is 5.92 Å². The van der Waals surface area contributed by atoms with E-state index in [9.17, 15) is 0 Å². The van der Waals surface area contributed by atoms with Crippen molar-refractivity contribution in [3.8, 4) is 12.3 Å². The Kier molecular flexibility index (Phi) is 12.8. The quantitative estimate of drug-likeness (QED) is 0.673. The van der Waals surface area contributed by atoms with Gasteiger partial charge in [-0.15, -0.1) is 12.3 Å². The standard InChI is InChI=1S/C12H22.CH2O3/c1-5-7-8-12(6-2)10-9-11(3)4;2-1(3)4/h2,11-12H,5,7-10H2,1,3-4H3;(H2,2,3,4). The first kappa shape index (κ1) is 17.2. The first-order valence-electron chi connectivity index (χ1n) is 5.82. The first-order valence-corrected chi connectivity index (χ1v) is 5.82. The predicted octanol–water partition coefficient (Wildman–Crippen LogP) is 4.08. The van der Waals surface area contributed by atoms with Crippen LogP contribution in [0.5, 0.6) is 0 Å². The van der Waals surface area contributed by atoms with Crippen LogP contribution in [-0.2, 0) is 0 Å². The van der Waals surface area contributed by atoms with Crippen molar-refractivity contribution in [2.24, 2.45) is 11.8 Å². The number of unbranched alkanes of at least 4 members (excludes halogenated alkanes) is 1. The van der Waals surface area contributed by atoms with Crippen LogP contribution in [0.4, 0.5) is 4.79 Å². The molecule has 0 aromatic carbocycles. The molecule has 0 amide bonds. The molecular formula is C13H24O3. The van der Waals surface area contributed by atoms with Crippen LogP contribution in [0.3, 0.4) is 0 Å². The van der Waals surface area contributed by atoms with E-state index in [2.05, 4.69) is 26.7 Å². The van der Waals surface area contributed by atoms with Gasteiger partial charge in [0.2, 0.25) is 0 Å². The lowest BCUT2D eigenvalue weighted by Gasteiger charge is -2.11. The zero-order chi connectivity index (χ0) is 13.0. The van der Waals surface area contributed by atoms with Crippen molar-refractivity contribution >= 4 is 6.16 Å². The maximum atomic E-state index is 8.56. The first-order chi connectivity index (χ1) is 7.43. The Balaban J connectivity index is 0. The van der Waals surface area contributed by atoms with Crippen molar-refractivity contribution in [3.05, 3.63) is 0 Å². The smallest absolute Gasteiger partial charge is 0.450 e. The van der Waals surface area contributed by atoms with E-state index in [1.807, 2.05) is 0 Å². The third-order valence-corrected chi connectivity index (χ3v) is 2.23. The summed E-state index contributed by atoms with van der Waals surface area (Å²) in [5.74, 6) is 4.22. The predicted molar refractivity (Wildman–Crippen MR) is 66.6 cm³/mol. The molecule has 0 aliphatic carbocycles. The van der Waals surface area contributed by atoms with E-state index in [-0.39, 0.29) is 0 Å². The fourth-order valence-corrected chi connectivity index (χ4v) is 1.30. The van der Waals surface area contributed by atoms with E-state index in [0.29, 0.717) is 5.92 Å². The molecule has 0 saturated carbocycles. The lowest BCUT2D eigenvalue weighted by molar-refractivity contribution is 0.137. The Morgan fingerprint density at radius 2 is 1.75 bits per heavy atom. The molecule has 1 atom stereocenters. The number of terminal acetylenes is 1. The van der Waals surface area contributed by atoms with E-state index >= 15 is 0 Å². The molecule has 94 valence electrons. The van der Waals surface area contributed by atoms with Crippen LogP contribution in [-0.4, -0.2) is 16.4 Å². The summed E-state index contributed by atoms with van der Waals surface area (Å²) in [6.45, 7) is 6.73. The van der Waals surface area contributed by atoms with Gasteiger partial charge in [-0.25, -0.2) is 4.79 Å². The molecule has 0 aliphatic rings. The molecule has 16 heavy (non-hydrogen) atoms. The lowest BCUT2D eigenvalue weighted by Crippen LogP contribution is -1.99. The normalized spacial score (nSPS) is 11.2. The van der Waals surface area contributed by atoms with Crippen molar-refractivity contribution in [2.45, 2.75) is 52.9 Å². The van der Waals surface area contributed by atoms with E-state index < -0.39 is 6.16 Å². The van der Waals surface area contributed by atoms with Gasteiger partial charge >= 0.3 is 6.16 Å². The highest BCUT2D eigenvalue weighted by Gasteiger charge is 2.04. The molecule has 1 unspecified atom stereocenters. The van der Waals surface area contributed by atoms with Crippen molar-refractivity contribution in [3.63, 3.8) is 0 Å². The van der Waals surface area contributed by atoms with Gasteiger partial charge in [-0.2, -0.15) is 0 Å². The molecule has 3 heteroatoms. The average Bonchev–Trinajstić information content (AvgIpc) is 2.17. The summed E-state index contributed by atoms with van der Waals surface area (Å²) >= 11 is 0. The van der Waals surface area contributed by atoms with Crippen molar-refractivity contribution < 1.29 is 15.0 Å². The van der Waals surface area contributed by atoms with Gasteiger partial charge in [0.05, 0.1) is 0 Å². The van der Waals surface area contributed by atoms with Crippen LogP contribution in [0, 0.1) is 24.2 Å². The fraction of sp³-hybridized carbons (Fsp3) is 0.769. The number of hydrogen-bond donors (Lipinski definition) is 2. The molecule has 0 spiro atoms. The van der Waals surface area contributed by atoms with Crippen molar-refractivity contribution in [1.29, 1.82) is 0 Å². The van der Waals surface area contributed by atoms with Crippen molar-refractivity contribution in [1.82, 2.24) is 0 Å². The summed E-state index contributed by atoms with van der Waals surface area (Å²) in [7, 11) is 0. The van der Waals surface area contributed by atoms with Crippen LogP contribution < -0.4 is 0 Å². The van der Waals surface area contributed by atoms with Gasteiger partial charge in [0.15, 0.2) is 0 Å². The highest BCUT2D eigenvalue weighted by atomic mass is 16.6. The maximum Gasteiger partial charge on any atom is 0.503 e. The summed E-state index contributed by atoms with van der Waals surface area (Å²) in [6.07, 6.45) is 9.88. The molecular weight excluding hydrogens is 204 g/mol. The highest BCUT2D eigenvalue weighted by Crippen LogP contribution is 2.16. The van der Waals surface area contributed by atoms with Gasteiger partial charge in [0.25, 0.3) is 0 Å². The number of carboxylic acid groups (broad SMARTS) is 2. The molecule has 0 saturated heterocycles. The molecule has 0 fully saturated rings. The fourth-order valence-electron chi connectivity index (χ4n) is 1.30. The van der Waals surface area contributed by atoms with Gasteiger partial charge in [-0.3, -0.25) is 0 Å². The zero-order valence-corrected chi connectivity index (χ0v) is 10.6. The SMILES string of the molecule is C#CC(CCCC)CCC(C)C.O=C(O)O. The van der Waals surface area contributed by atoms with Gasteiger partial charge < -0.3 is 10.2 Å². The molecule has 0 heterocycles. The molecule has 0 aromatic rings. The Bertz CT molecular complexity index is 200. The Labute approximate surface area is 98.9 Å². The minimum atomic E-state index is -1.83. The van der Waals surface area contributed by atoms with Gasteiger partial charge in [0.1, 0.15) is 0 Å². The Morgan fingerprint density at radius 1 is 1.25 bits per heavy atom. The van der Waals surface area contributed by atoms with Gasteiger partial charge in [-0.05, 0) is 25.2 Å². The Hall–Kier alpha value is -1.17. The highest BCUT2D eigenvalue weighted by molar-refractivity contribution is 5.53. The minimum Gasteiger partial charge on any atom is -0.450 e. The van der Waals surface area contributed by atoms with Crippen molar-refractivity contribution in [2.75, 3.05) is 0 Å². The molecule has 0 bridgehead atoms. The summed E-state index contributed by atoms with van der Waals surface area (Å²) in [4.78, 5) is 8.56. The second-order valence-electron chi connectivity index (χ2n) is 4.26. The second kappa shape index (κ2) is 11.9. The number of rotatable bonds is 6. The van der Waals surface area contributed by atoms with E-state index in [0.717, 1.165) is 5.92 Å².